The molecular formula is C86H133N15O11. The summed E-state index contributed by atoms with van der Waals surface area (Å²) in [4.78, 5) is 167. The molecule has 1 saturated heterocycles. The van der Waals surface area contributed by atoms with Gasteiger partial charge < -0.3 is 79.8 Å². The zero-order valence-electron chi connectivity index (χ0n) is 66.9. The lowest BCUT2D eigenvalue weighted by Gasteiger charge is -2.33. The lowest BCUT2D eigenvalue weighted by molar-refractivity contribution is -0.139. The summed E-state index contributed by atoms with van der Waals surface area (Å²) in [7, 11) is 0. The lowest BCUT2D eigenvalue weighted by atomic mass is 10.0. The topological polar surface area (TPSA) is 394 Å². The third-order valence-corrected chi connectivity index (χ3v) is 20.2. The number of nitrogens with two attached hydrogens (primary N) is 5. The van der Waals surface area contributed by atoms with Crippen molar-refractivity contribution in [1.82, 2.24) is 51.1 Å². The molecule has 618 valence electrons. The van der Waals surface area contributed by atoms with Crippen LogP contribution in [0.3, 0.4) is 0 Å². The predicted molar refractivity (Wildman–Crippen MR) is 439 cm³/mol. The number of benzene rings is 4. The molecule has 112 heavy (non-hydrogen) atoms. The number of nitrogens with one attached hydrogen (secondary N) is 5. The highest BCUT2D eigenvalue weighted by Gasteiger charge is 2.32. The van der Waals surface area contributed by atoms with Crippen LogP contribution in [0, 0.1) is 0 Å². The van der Waals surface area contributed by atoms with Crippen LogP contribution in [0.25, 0.3) is 0 Å². The van der Waals surface area contributed by atoms with Gasteiger partial charge in [-0.2, -0.15) is 0 Å². The predicted octanol–water partition coefficient (Wildman–Crippen LogP) is 6.41. The molecule has 5 rings (SSSR count). The molecule has 1 fully saturated rings. The summed E-state index contributed by atoms with van der Waals surface area (Å²) in [6.45, 7) is -0.0185. The number of primary amides is 1. The second kappa shape index (κ2) is 56.2. The van der Waals surface area contributed by atoms with Crippen LogP contribution in [-0.4, -0.2) is 211 Å². The van der Waals surface area contributed by atoms with Crippen molar-refractivity contribution >= 4 is 65.0 Å². The van der Waals surface area contributed by atoms with E-state index >= 15 is 9.59 Å². The molecule has 26 nitrogen and oxygen atoms in total. The van der Waals surface area contributed by atoms with E-state index < -0.39 is 122 Å². The van der Waals surface area contributed by atoms with E-state index in [2.05, 4.69) is 33.5 Å². The number of amides is 11. The molecule has 4 aromatic rings. The molecule has 0 bridgehead atoms. The first-order valence-electron chi connectivity index (χ1n) is 41.4. The molecule has 0 spiro atoms. The zero-order chi connectivity index (χ0) is 80.9. The van der Waals surface area contributed by atoms with E-state index in [1.54, 1.807) is 0 Å². The highest BCUT2D eigenvalue weighted by molar-refractivity contribution is 5.90. The fourth-order valence-corrected chi connectivity index (χ4v) is 14.3. The third kappa shape index (κ3) is 40.4. The minimum absolute atomic E-state index is 0.000994. The number of unbranched alkanes of at least 4 members (excludes halogenated alkanes) is 14. The van der Waals surface area contributed by atoms with Gasteiger partial charge >= 0.3 is 0 Å². The first-order valence-corrected chi connectivity index (χ1v) is 41.4. The van der Waals surface area contributed by atoms with Crippen LogP contribution in [0.4, 0.5) is 0 Å². The highest BCUT2D eigenvalue weighted by Crippen LogP contribution is 2.18. The van der Waals surface area contributed by atoms with Crippen LogP contribution >= 0.6 is 0 Å². The van der Waals surface area contributed by atoms with Crippen LogP contribution in [-0.2, 0) is 78.4 Å². The number of hydrogen-bond acceptors (Lipinski definition) is 15. The first-order chi connectivity index (χ1) is 54.3. The third-order valence-electron chi connectivity index (χ3n) is 20.2. The smallest absolute Gasteiger partial charge is 0.239 e. The average Bonchev–Trinajstić information content (AvgIpc) is 0.856. The van der Waals surface area contributed by atoms with Gasteiger partial charge in [-0.1, -0.05) is 218 Å². The minimum atomic E-state index is -0.947. The molecule has 0 aliphatic carbocycles. The molecule has 15 N–H and O–H groups in total. The van der Waals surface area contributed by atoms with Gasteiger partial charge in [0.05, 0.1) is 50.8 Å². The first kappa shape index (κ1) is 93.5. The number of carbonyl (C=O) groups is 11. The van der Waals surface area contributed by atoms with Crippen LogP contribution in [0.1, 0.15) is 203 Å². The van der Waals surface area contributed by atoms with Gasteiger partial charge in [-0.3, -0.25) is 52.7 Å². The molecule has 11 amide bonds. The van der Waals surface area contributed by atoms with Crippen molar-refractivity contribution in [3.8, 4) is 0 Å². The SMILES string of the molecule is CCCCCCCCCCCCCCCC(=O)N(CC(N)=O)C[C@H](CCCCN)NC(=O)CN1C[C@H](Cc2ccccc2)NC(=O)CN(C(=O)CCCN)C[C@H](Cc2ccccc2)NC(=O)CN(C(=O)CCCN)C[C@H](Cc2ccccc2)NC(=O)CN(C(=O)CCc2ccccc2)C[C@H](CCCCN)NC(=O)CCC1=O. The average molecular weight is 1550 g/mol. The quantitative estimate of drug-likeness (QED) is 0.0214. The Morgan fingerprint density at radius 1 is 0.438 bits per heavy atom. The lowest BCUT2D eigenvalue weighted by Crippen LogP contribution is -2.55. The maximum atomic E-state index is 15.2. The Balaban J connectivity index is 1.58. The second-order valence-corrected chi connectivity index (χ2v) is 30.1. The molecule has 4 aromatic carbocycles. The van der Waals surface area contributed by atoms with E-state index in [0.717, 1.165) is 47.9 Å². The molecule has 26 heteroatoms. The van der Waals surface area contributed by atoms with E-state index in [-0.39, 0.29) is 116 Å². The van der Waals surface area contributed by atoms with Gasteiger partial charge in [-0.25, -0.2) is 0 Å². The van der Waals surface area contributed by atoms with Crippen LogP contribution in [0.5, 0.6) is 0 Å². The number of carbonyl (C=O) groups excluding carboxylic acids is 11. The maximum absolute atomic E-state index is 15.2. The van der Waals surface area contributed by atoms with Crippen molar-refractivity contribution in [2.24, 2.45) is 28.7 Å². The molecule has 1 aliphatic rings. The van der Waals surface area contributed by atoms with Crippen molar-refractivity contribution in [1.29, 1.82) is 0 Å². The molecular weight excluding hydrogens is 1420 g/mol. The minimum Gasteiger partial charge on any atom is -0.368 e. The van der Waals surface area contributed by atoms with Gasteiger partial charge in [-0.05, 0) is 119 Å². The summed E-state index contributed by atoms with van der Waals surface area (Å²) in [6.07, 6.45) is 18.2. The summed E-state index contributed by atoms with van der Waals surface area (Å²) < 4.78 is 0. The van der Waals surface area contributed by atoms with Gasteiger partial charge in [0.15, 0.2) is 0 Å². The molecule has 0 radical (unpaired) electrons. The fourth-order valence-electron chi connectivity index (χ4n) is 14.3. The van der Waals surface area contributed by atoms with Crippen LogP contribution in [0.2, 0.25) is 0 Å². The van der Waals surface area contributed by atoms with E-state index in [4.69, 9.17) is 28.7 Å². The number of nitrogens with zero attached hydrogens (tertiary/aromatic N) is 5. The van der Waals surface area contributed by atoms with Crippen molar-refractivity contribution < 1.29 is 52.7 Å². The van der Waals surface area contributed by atoms with Gasteiger partial charge in [-0.15, -0.1) is 0 Å². The van der Waals surface area contributed by atoms with Crippen molar-refractivity contribution in [2.45, 2.75) is 236 Å². The normalized spacial score (nSPS) is 17.2. The molecule has 5 atom stereocenters. The van der Waals surface area contributed by atoms with E-state index in [0.29, 0.717) is 70.9 Å². The molecule has 0 aromatic heterocycles. The largest absolute Gasteiger partial charge is 0.368 e. The van der Waals surface area contributed by atoms with E-state index in [1.165, 1.54) is 75.9 Å². The molecule has 1 aliphatic heterocycles. The van der Waals surface area contributed by atoms with E-state index in [1.807, 2.05) is 121 Å². The van der Waals surface area contributed by atoms with Gasteiger partial charge in [0.2, 0.25) is 65.0 Å². The molecule has 0 saturated carbocycles. The van der Waals surface area contributed by atoms with E-state index in [9.17, 15) is 43.2 Å². The Kier molecular flexibility index (Phi) is 46.9. The highest BCUT2D eigenvalue weighted by atomic mass is 16.2. The monoisotopic (exact) mass is 1550 g/mol. The Hall–Kier alpha value is -9.11. The molecule has 0 unspecified atom stereocenters. The summed E-state index contributed by atoms with van der Waals surface area (Å²) in [6, 6.07) is 33.0. The van der Waals surface area contributed by atoms with Crippen LogP contribution < -0.4 is 55.3 Å². The Morgan fingerprint density at radius 2 is 0.830 bits per heavy atom. The Labute approximate surface area is 665 Å². The zero-order valence-corrected chi connectivity index (χ0v) is 66.9. The Bertz CT molecular complexity index is 3400. The second-order valence-electron chi connectivity index (χ2n) is 30.1. The van der Waals surface area contributed by atoms with Gasteiger partial charge in [0.25, 0.3) is 0 Å². The summed E-state index contributed by atoms with van der Waals surface area (Å²) in [5.41, 5.74) is 33.0. The summed E-state index contributed by atoms with van der Waals surface area (Å²) >= 11 is 0. The van der Waals surface area contributed by atoms with Crippen LogP contribution in [0.15, 0.2) is 121 Å². The van der Waals surface area contributed by atoms with Crippen molar-refractivity contribution in [3.63, 3.8) is 0 Å². The molecule has 1 heterocycles. The standard InChI is InChI=1S/C86H133N15O11/c1-2-3-4-5-6-7-8-9-10-11-12-13-26-43-82(108)97(62-76(91)102)57-72(42-28-30-51-88)93-78(104)63-101-61-75(56-70-39-24-17-25-40-70)96-81(107)66-100(84(110)45-32-53-90)60-74(55-69-37-22-16-23-38-69)95-80(106)65-99(83(109)44-31-52-89)59-73(54-68-35-20-15-21-36-68)94-79(105)64-98(85(111)48-46-67-33-18-14-19-34-67)58-71(41-27-29-50-87)92-77(103)47-49-86(101)112/h14-25,33-40,71-75H,2-13,26-32,41-66,87-90H2,1H3,(H2,91,102)(H,92,103)(H,93,104)(H,94,105)(H,95,106)(H,96,107)/t71-,72-,73-,74-,75-/m0/s1. The summed E-state index contributed by atoms with van der Waals surface area (Å²) in [5.74, 6) is -5.91. The summed E-state index contributed by atoms with van der Waals surface area (Å²) in [5, 5.41) is 15.4. The fraction of sp³-hybridized carbons (Fsp3) is 0.593. The number of hydrogen-bond donors (Lipinski definition) is 10. The van der Waals surface area contributed by atoms with Gasteiger partial charge in [0, 0.05) is 83.3 Å². The maximum Gasteiger partial charge on any atom is 0.239 e. The van der Waals surface area contributed by atoms with Crippen molar-refractivity contribution in [3.05, 3.63) is 144 Å². The van der Waals surface area contributed by atoms with Crippen molar-refractivity contribution in [2.75, 3.05) is 91.6 Å². The number of rotatable bonds is 44. The Morgan fingerprint density at radius 3 is 1.27 bits per heavy atom. The number of aryl methyl sites for hydroxylation is 1. The van der Waals surface area contributed by atoms with Gasteiger partial charge in [0.1, 0.15) is 0 Å².